The molecule has 0 unspecified atom stereocenters. The van der Waals surface area contributed by atoms with Gasteiger partial charge in [-0.3, -0.25) is 14.9 Å². The van der Waals surface area contributed by atoms with E-state index in [2.05, 4.69) is 0 Å². The molecule has 0 N–H and O–H groups in total. The molecule has 0 spiro atoms. The van der Waals surface area contributed by atoms with Crippen molar-refractivity contribution in [3.05, 3.63) is 64.0 Å². The quantitative estimate of drug-likeness (QED) is 0.616. The van der Waals surface area contributed by atoms with E-state index in [0.29, 0.717) is 11.1 Å². The van der Waals surface area contributed by atoms with Crippen LogP contribution in [0.4, 0.5) is 10.1 Å². The van der Waals surface area contributed by atoms with Crippen molar-refractivity contribution in [3.8, 4) is 11.1 Å². The highest BCUT2D eigenvalue weighted by Crippen LogP contribution is 2.29. The number of rotatable bonds is 3. The molecule has 0 amide bonds. The predicted molar refractivity (Wildman–Crippen MR) is 63.3 cm³/mol. The zero-order chi connectivity index (χ0) is 13.1. The van der Waals surface area contributed by atoms with Crippen LogP contribution in [0.5, 0.6) is 0 Å². The average Bonchev–Trinajstić information content (AvgIpc) is 2.38. The largest absolute Gasteiger partial charge is 0.285 e. The fourth-order valence-electron chi connectivity index (χ4n) is 1.67. The molecule has 2 aromatic rings. The van der Waals surface area contributed by atoms with E-state index in [0.717, 1.165) is 0 Å². The molecule has 0 atom stereocenters. The molecule has 2 aromatic carbocycles. The number of hydrogen-bond donors (Lipinski definition) is 0. The Kier molecular flexibility index (Phi) is 3.14. The Hall–Kier alpha value is -2.56. The second kappa shape index (κ2) is 4.75. The van der Waals surface area contributed by atoms with E-state index in [1.54, 1.807) is 12.4 Å². The van der Waals surface area contributed by atoms with Gasteiger partial charge in [-0.1, -0.05) is 24.3 Å². The van der Waals surface area contributed by atoms with Crippen molar-refractivity contribution in [1.82, 2.24) is 0 Å². The van der Waals surface area contributed by atoms with E-state index in [1.165, 1.54) is 36.4 Å². The fourth-order valence-corrected chi connectivity index (χ4v) is 1.67. The minimum Gasteiger partial charge on any atom is -0.285 e. The van der Waals surface area contributed by atoms with Crippen molar-refractivity contribution < 1.29 is 14.1 Å². The second-order valence-corrected chi connectivity index (χ2v) is 3.57. The molecule has 0 aliphatic carbocycles. The molecule has 18 heavy (non-hydrogen) atoms. The zero-order valence-corrected chi connectivity index (χ0v) is 9.09. The lowest BCUT2D eigenvalue weighted by Gasteiger charge is -2.04. The van der Waals surface area contributed by atoms with Crippen LogP contribution in [-0.4, -0.2) is 11.2 Å². The van der Waals surface area contributed by atoms with Crippen LogP contribution in [0.2, 0.25) is 0 Å². The molecule has 0 saturated heterocycles. The Labute approximate surface area is 102 Å². The van der Waals surface area contributed by atoms with E-state index in [9.17, 15) is 19.3 Å². The minimum absolute atomic E-state index is 0.130. The number of halogens is 1. The summed E-state index contributed by atoms with van der Waals surface area (Å²) in [6, 6.07) is 9.61. The lowest BCUT2D eigenvalue weighted by atomic mass is 9.99. The number of benzene rings is 2. The third kappa shape index (κ3) is 2.10. The number of hydrogen-bond acceptors (Lipinski definition) is 3. The Morgan fingerprint density at radius 2 is 1.78 bits per heavy atom. The van der Waals surface area contributed by atoms with Gasteiger partial charge in [0.25, 0.3) is 5.69 Å². The predicted octanol–water partition coefficient (Wildman–Crippen LogP) is 2.86. The normalized spacial score (nSPS) is 10.1. The SMILES string of the molecule is O=[C]c1c(-c2ccc(F)cc2)cccc1[N+](=O)[O-]. The molecule has 89 valence electrons. The zero-order valence-electron chi connectivity index (χ0n) is 9.09. The fraction of sp³-hybridized carbons (Fsp3) is 0. The first-order valence-corrected chi connectivity index (χ1v) is 5.05. The van der Waals surface area contributed by atoms with E-state index in [4.69, 9.17) is 0 Å². The number of nitro benzene ring substituents is 1. The van der Waals surface area contributed by atoms with Gasteiger partial charge in [-0.2, -0.15) is 0 Å². The van der Waals surface area contributed by atoms with Crippen LogP contribution in [0, 0.1) is 15.9 Å². The maximum absolute atomic E-state index is 12.8. The highest BCUT2D eigenvalue weighted by Gasteiger charge is 2.18. The summed E-state index contributed by atoms with van der Waals surface area (Å²) in [5.41, 5.74) is 0.443. The third-order valence-electron chi connectivity index (χ3n) is 2.50. The smallest absolute Gasteiger partial charge is 0.281 e. The Bertz CT molecular complexity index is 608. The van der Waals surface area contributed by atoms with Gasteiger partial charge in [-0.15, -0.1) is 0 Å². The number of carbonyl (C=O) groups excluding carboxylic acids is 1. The molecule has 2 rings (SSSR count). The van der Waals surface area contributed by atoms with E-state index >= 15 is 0 Å². The molecule has 0 aliphatic rings. The average molecular weight is 244 g/mol. The van der Waals surface area contributed by atoms with Crippen molar-refractivity contribution in [1.29, 1.82) is 0 Å². The summed E-state index contributed by atoms with van der Waals surface area (Å²) in [6.07, 6.45) is 1.57. The summed E-state index contributed by atoms with van der Waals surface area (Å²) in [4.78, 5) is 21.0. The highest BCUT2D eigenvalue weighted by atomic mass is 19.1. The van der Waals surface area contributed by atoms with Crippen LogP contribution in [0.1, 0.15) is 5.56 Å². The lowest BCUT2D eigenvalue weighted by Crippen LogP contribution is -1.97. The van der Waals surface area contributed by atoms with Gasteiger partial charge in [0.2, 0.25) is 6.29 Å². The van der Waals surface area contributed by atoms with Crippen molar-refractivity contribution in [2.24, 2.45) is 0 Å². The summed E-state index contributed by atoms with van der Waals surface area (Å²) >= 11 is 0. The summed E-state index contributed by atoms with van der Waals surface area (Å²) < 4.78 is 12.8. The third-order valence-corrected chi connectivity index (χ3v) is 2.50. The van der Waals surface area contributed by atoms with Gasteiger partial charge < -0.3 is 0 Å². The lowest BCUT2D eigenvalue weighted by molar-refractivity contribution is -0.385. The molecule has 0 fully saturated rings. The first-order chi connectivity index (χ1) is 8.63. The van der Waals surface area contributed by atoms with Crippen LogP contribution in [0.25, 0.3) is 11.1 Å². The number of nitro groups is 1. The molecule has 1 radical (unpaired) electrons. The van der Waals surface area contributed by atoms with Crippen molar-refractivity contribution >= 4 is 12.0 Å². The molecular formula is C13H7FNO3. The first-order valence-electron chi connectivity index (χ1n) is 5.05. The van der Waals surface area contributed by atoms with Gasteiger partial charge in [0.1, 0.15) is 11.4 Å². The van der Waals surface area contributed by atoms with Crippen LogP contribution in [-0.2, 0) is 4.79 Å². The van der Waals surface area contributed by atoms with Gasteiger partial charge in [0.15, 0.2) is 0 Å². The topological polar surface area (TPSA) is 60.2 Å². The molecular weight excluding hydrogens is 237 g/mol. The van der Waals surface area contributed by atoms with Gasteiger partial charge in [-0.25, -0.2) is 4.39 Å². The highest BCUT2D eigenvalue weighted by molar-refractivity contribution is 5.92. The minimum atomic E-state index is -0.646. The first kappa shape index (κ1) is 11.9. The van der Waals surface area contributed by atoms with Crippen LogP contribution in [0.3, 0.4) is 0 Å². The molecule has 0 aliphatic heterocycles. The van der Waals surface area contributed by atoms with E-state index < -0.39 is 10.7 Å². The van der Waals surface area contributed by atoms with Crippen molar-refractivity contribution in [2.75, 3.05) is 0 Å². The van der Waals surface area contributed by atoms with Gasteiger partial charge in [0.05, 0.1) is 4.92 Å². The van der Waals surface area contributed by atoms with Crippen molar-refractivity contribution in [3.63, 3.8) is 0 Å². The summed E-state index contributed by atoms with van der Waals surface area (Å²) in [5.74, 6) is -0.416. The van der Waals surface area contributed by atoms with Gasteiger partial charge >= 0.3 is 0 Å². The Balaban J connectivity index is 2.64. The Morgan fingerprint density at radius 3 is 2.33 bits per heavy atom. The summed E-state index contributed by atoms with van der Waals surface area (Å²) in [7, 11) is 0. The second-order valence-electron chi connectivity index (χ2n) is 3.57. The maximum Gasteiger partial charge on any atom is 0.281 e. The molecule has 5 heteroatoms. The van der Waals surface area contributed by atoms with Crippen LogP contribution < -0.4 is 0 Å². The van der Waals surface area contributed by atoms with E-state index in [-0.39, 0.29) is 11.3 Å². The summed E-state index contributed by atoms with van der Waals surface area (Å²) in [6.45, 7) is 0. The standard InChI is InChI=1S/C13H7FNO3/c14-10-6-4-9(5-7-10)11-2-1-3-13(15(17)18)12(11)8-16/h1-7H. The molecule has 0 heterocycles. The maximum atomic E-state index is 12.8. The molecule has 4 nitrogen and oxygen atoms in total. The van der Waals surface area contributed by atoms with Gasteiger partial charge in [-0.05, 0) is 23.3 Å². The van der Waals surface area contributed by atoms with Crippen molar-refractivity contribution in [2.45, 2.75) is 0 Å². The molecule has 0 bridgehead atoms. The molecule has 0 saturated carbocycles. The van der Waals surface area contributed by atoms with Crippen LogP contribution in [0.15, 0.2) is 42.5 Å². The monoisotopic (exact) mass is 244 g/mol. The molecule has 0 aromatic heterocycles. The van der Waals surface area contributed by atoms with Gasteiger partial charge in [0, 0.05) is 6.07 Å². The summed E-state index contributed by atoms with van der Waals surface area (Å²) in [5, 5.41) is 10.8. The van der Waals surface area contributed by atoms with E-state index in [1.807, 2.05) is 0 Å². The van der Waals surface area contributed by atoms with Crippen LogP contribution >= 0.6 is 0 Å². The number of nitrogens with zero attached hydrogens (tertiary/aromatic N) is 1. The Morgan fingerprint density at radius 1 is 1.11 bits per heavy atom.